The highest BCUT2D eigenvalue weighted by atomic mass is 16.5. The molecule has 0 aliphatic carbocycles. The van der Waals surface area contributed by atoms with E-state index < -0.39 is 17.3 Å². The molecule has 4 nitrogen and oxygen atoms in total. The fourth-order valence-electron chi connectivity index (χ4n) is 1.56. The van der Waals surface area contributed by atoms with Crippen molar-refractivity contribution in [2.75, 3.05) is 7.11 Å². The monoisotopic (exact) mass is 242 g/mol. The Morgan fingerprint density at radius 1 is 1.18 bits per heavy atom. The zero-order chi connectivity index (χ0) is 13.6. The molecule has 0 aromatic heterocycles. The molecule has 4 heteroatoms. The van der Waals surface area contributed by atoms with Gasteiger partial charge in [0.25, 0.3) is 0 Å². The molecule has 0 saturated heterocycles. The Kier molecular flexibility index (Phi) is 6.07. The Morgan fingerprint density at radius 3 is 2.06 bits per heavy atom. The molecule has 0 bridgehead atoms. The van der Waals surface area contributed by atoms with Crippen LogP contribution in [0, 0.1) is 11.3 Å². The molecule has 1 atom stereocenters. The van der Waals surface area contributed by atoms with Gasteiger partial charge in [-0.1, -0.05) is 27.7 Å². The topological polar surface area (TPSA) is 60.4 Å². The lowest BCUT2D eigenvalue weighted by atomic mass is 9.80. The zero-order valence-electron chi connectivity index (χ0n) is 11.3. The van der Waals surface area contributed by atoms with Gasteiger partial charge in [-0.05, 0) is 6.42 Å². The molecule has 0 rings (SSSR count). The minimum absolute atomic E-state index is 0.0450. The lowest BCUT2D eigenvalue weighted by Gasteiger charge is -2.22. The van der Waals surface area contributed by atoms with Gasteiger partial charge >= 0.3 is 5.97 Å². The van der Waals surface area contributed by atoms with E-state index in [9.17, 15) is 14.4 Å². The lowest BCUT2D eigenvalue weighted by Crippen LogP contribution is -2.35. The number of esters is 1. The highest BCUT2D eigenvalue weighted by molar-refractivity contribution is 6.04. The first-order valence-electron chi connectivity index (χ1n) is 5.87. The summed E-state index contributed by atoms with van der Waals surface area (Å²) in [5.41, 5.74) is -0.647. The molecule has 0 fully saturated rings. The van der Waals surface area contributed by atoms with Crippen LogP contribution in [0.2, 0.25) is 0 Å². The molecular formula is C13H22O4. The number of ketones is 2. The number of carbonyl (C=O) groups is 3. The molecule has 0 spiro atoms. The first kappa shape index (κ1) is 15.8. The summed E-state index contributed by atoms with van der Waals surface area (Å²) in [4.78, 5) is 35.1. The molecule has 0 amide bonds. The van der Waals surface area contributed by atoms with E-state index in [1.165, 1.54) is 7.11 Å². The highest BCUT2D eigenvalue weighted by Crippen LogP contribution is 2.24. The molecule has 0 N–H and O–H groups in total. The van der Waals surface area contributed by atoms with Crippen LogP contribution in [-0.2, 0) is 19.1 Å². The normalized spacial score (nSPS) is 13.0. The second kappa shape index (κ2) is 6.52. The first-order valence-corrected chi connectivity index (χ1v) is 5.87. The van der Waals surface area contributed by atoms with Crippen LogP contribution < -0.4 is 0 Å². The lowest BCUT2D eigenvalue weighted by molar-refractivity contribution is -0.153. The van der Waals surface area contributed by atoms with Gasteiger partial charge in [-0.25, -0.2) is 0 Å². The Balaban J connectivity index is 4.84. The Bertz CT molecular complexity index is 299. The Morgan fingerprint density at radius 2 is 1.71 bits per heavy atom. The molecule has 0 aliphatic heterocycles. The number of methoxy groups -OCH3 is 1. The van der Waals surface area contributed by atoms with Crippen molar-refractivity contribution < 1.29 is 19.1 Å². The van der Waals surface area contributed by atoms with Crippen molar-refractivity contribution in [3.63, 3.8) is 0 Å². The fourth-order valence-corrected chi connectivity index (χ4v) is 1.56. The molecular weight excluding hydrogens is 220 g/mol. The Hall–Kier alpha value is -1.19. The third kappa shape index (κ3) is 5.11. The first-order chi connectivity index (χ1) is 7.73. The summed E-state index contributed by atoms with van der Waals surface area (Å²) >= 11 is 0. The van der Waals surface area contributed by atoms with Gasteiger partial charge in [-0.2, -0.15) is 0 Å². The summed E-state index contributed by atoms with van der Waals surface area (Å²) in [7, 11) is 1.23. The van der Waals surface area contributed by atoms with E-state index in [-0.39, 0.29) is 18.0 Å². The van der Waals surface area contributed by atoms with Crippen LogP contribution in [0.1, 0.15) is 47.0 Å². The van der Waals surface area contributed by atoms with Crippen LogP contribution in [0.4, 0.5) is 0 Å². The summed E-state index contributed by atoms with van der Waals surface area (Å²) in [6.45, 7) is 7.08. The predicted octanol–water partition coefficient (Wildman–Crippen LogP) is 2.15. The maximum absolute atomic E-state index is 12.1. The van der Waals surface area contributed by atoms with E-state index in [2.05, 4.69) is 4.74 Å². The van der Waals surface area contributed by atoms with Gasteiger partial charge in [-0.15, -0.1) is 0 Å². The highest BCUT2D eigenvalue weighted by Gasteiger charge is 2.36. The Labute approximate surface area is 103 Å². The van der Waals surface area contributed by atoms with Crippen molar-refractivity contribution in [1.29, 1.82) is 0 Å². The smallest absolute Gasteiger partial charge is 0.316 e. The summed E-state index contributed by atoms with van der Waals surface area (Å²) in [5.74, 6) is -1.89. The van der Waals surface area contributed by atoms with Crippen LogP contribution in [0.25, 0.3) is 0 Å². The van der Waals surface area contributed by atoms with Gasteiger partial charge in [0.15, 0.2) is 5.78 Å². The SMILES string of the molecule is CCCC(=O)CC(C(=O)OC)C(=O)C(C)(C)C. The maximum atomic E-state index is 12.1. The van der Waals surface area contributed by atoms with Gasteiger partial charge in [0.05, 0.1) is 7.11 Å². The molecule has 0 aromatic carbocycles. The number of Topliss-reactive ketones (excluding diaryl/α,β-unsaturated/α-hetero) is 2. The summed E-state index contributed by atoms with van der Waals surface area (Å²) in [6.07, 6.45) is 1.07. The molecule has 0 radical (unpaired) electrons. The molecule has 0 aromatic rings. The van der Waals surface area contributed by atoms with Crippen molar-refractivity contribution in [3.8, 4) is 0 Å². The summed E-state index contributed by atoms with van der Waals surface area (Å²) < 4.78 is 4.60. The number of hydrogen-bond donors (Lipinski definition) is 0. The van der Waals surface area contributed by atoms with E-state index in [4.69, 9.17) is 0 Å². The van der Waals surface area contributed by atoms with Gasteiger partial charge in [0.2, 0.25) is 0 Å². The minimum Gasteiger partial charge on any atom is -0.468 e. The van der Waals surface area contributed by atoms with E-state index >= 15 is 0 Å². The summed E-state index contributed by atoms with van der Waals surface area (Å²) in [5, 5.41) is 0. The van der Waals surface area contributed by atoms with Crippen molar-refractivity contribution >= 4 is 17.5 Å². The second-order valence-electron chi connectivity index (χ2n) is 5.18. The molecule has 0 saturated carbocycles. The quantitative estimate of drug-likeness (QED) is 0.529. The van der Waals surface area contributed by atoms with E-state index in [0.29, 0.717) is 6.42 Å². The van der Waals surface area contributed by atoms with Crippen molar-refractivity contribution in [2.45, 2.75) is 47.0 Å². The number of hydrogen-bond acceptors (Lipinski definition) is 4. The summed E-state index contributed by atoms with van der Waals surface area (Å²) in [6, 6.07) is 0. The van der Waals surface area contributed by atoms with Crippen molar-refractivity contribution in [1.82, 2.24) is 0 Å². The minimum atomic E-state index is -0.959. The molecule has 17 heavy (non-hydrogen) atoms. The average Bonchev–Trinajstić information content (AvgIpc) is 2.23. The molecule has 98 valence electrons. The van der Waals surface area contributed by atoms with Gasteiger partial charge in [0, 0.05) is 18.3 Å². The van der Waals surface area contributed by atoms with Gasteiger partial charge < -0.3 is 4.74 Å². The average molecular weight is 242 g/mol. The van der Waals surface area contributed by atoms with Crippen LogP contribution in [-0.4, -0.2) is 24.6 Å². The third-order valence-corrected chi connectivity index (χ3v) is 2.50. The van der Waals surface area contributed by atoms with Crippen LogP contribution in [0.15, 0.2) is 0 Å². The van der Waals surface area contributed by atoms with Gasteiger partial charge in [0.1, 0.15) is 11.7 Å². The van der Waals surface area contributed by atoms with Crippen molar-refractivity contribution in [2.24, 2.45) is 11.3 Å². The van der Waals surface area contributed by atoms with Crippen molar-refractivity contribution in [3.05, 3.63) is 0 Å². The third-order valence-electron chi connectivity index (χ3n) is 2.50. The molecule has 0 aliphatic rings. The van der Waals surface area contributed by atoms with Crippen LogP contribution >= 0.6 is 0 Å². The standard InChI is InChI=1S/C13H22O4/c1-6-7-9(14)8-10(12(16)17-5)11(15)13(2,3)4/h10H,6-8H2,1-5H3. The molecule has 0 heterocycles. The number of ether oxygens (including phenoxy) is 1. The van der Waals surface area contributed by atoms with E-state index in [0.717, 1.165) is 6.42 Å². The van der Waals surface area contributed by atoms with Crippen LogP contribution in [0.5, 0.6) is 0 Å². The number of carbonyl (C=O) groups excluding carboxylic acids is 3. The number of rotatable bonds is 6. The van der Waals surface area contributed by atoms with Crippen LogP contribution in [0.3, 0.4) is 0 Å². The molecule has 1 unspecified atom stereocenters. The van der Waals surface area contributed by atoms with E-state index in [1.807, 2.05) is 6.92 Å². The fraction of sp³-hybridized carbons (Fsp3) is 0.769. The largest absolute Gasteiger partial charge is 0.468 e. The van der Waals surface area contributed by atoms with E-state index in [1.54, 1.807) is 20.8 Å². The van der Waals surface area contributed by atoms with Gasteiger partial charge in [-0.3, -0.25) is 14.4 Å². The maximum Gasteiger partial charge on any atom is 0.316 e. The zero-order valence-corrected chi connectivity index (χ0v) is 11.3. The second-order valence-corrected chi connectivity index (χ2v) is 5.18. The predicted molar refractivity (Wildman–Crippen MR) is 64.5 cm³/mol.